The molecule has 0 aliphatic carbocycles. The molecule has 3 heterocycles. The minimum Gasteiger partial charge on any atom is -0.454 e. The van der Waals surface area contributed by atoms with Crippen LogP contribution in [-0.4, -0.2) is 40.2 Å². The molecule has 2 aliphatic rings. The number of nitrogens with zero attached hydrogens (tertiary/aromatic N) is 2. The lowest BCUT2D eigenvalue weighted by molar-refractivity contribution is 0.0694. The first-order valence-corrected chi connectivity index (χ1v) is 9.09. The molecule has 1 saturated heterocycles. The van der Waals surface area contributed by atoms with Crippen LogP contribution in [0.4, 0.5) is 0 Å². The van der Waals surface area contributed by atoms with Crippen molar-refractivity contribution in [2.24, 2.45) is 0 Å². The van der Waals surface area contributed by atoms with Crippen LogP contribution < -0.4 is 15.2 Å². The Morgan fingerprint density at radius 2 is 1.81 bits per heavy atom. The second-order valence-corrected chi connectivity index (χ2v) is 6.91. The normalized spacial score (nSPS) is 16.8. The van der Waals surface area contributed by atoms with Crippen molar-refractivity contribution in [1.82, 2.24) is 14.5 Å². The zero-order valence-electron chi connectivity index (χ0n) is 14.7. The Hall–Kier alpha value is -3.22. The number of nitrogens with one attached hydrogen (secondary N) is 1. The third-order valence-electron chi connectivity index (χ3n) is 5.36. The van der Waals surface area contributed by atoms with Gasteiger partial charge in [0.05, 0.1) is 11.0 Å². The summed E-state index contributed by atoms with van der Waals surface area (Å²) in [6.07, 6.45) is 1.50. The Kier molecular flexibility index (Phi) is 3.67. The Balaban J connectivity index is 1.33. The van der Waals surface area contributed by atoms with Gasteiger partial charge in [-0.15, -0.1) is 0 Å². The van der Waals surface area contributed by atoms with Gasteiger partial charge >= 0.3 is 5.69 Å². The van der Waals surface area contributed by atoms with Crippen LogP contribution in [0.1, 0.15) is 29.2 Å². The van der Waals surface area contributed by atoms with Gasteiger partial charge in [-0.1, -0.05) is 12.1 Å². The highest BCUT2D eigenvalue weighted by Crippen LogP contribution is 2.33. The van der Waals surface area contributed by atoms with E-state index in [4.69, 9.17) is 9.47 Å². The SMILES string of the molecule is O=C(c1ccc2c(c1)OCO2)N1CCC(n2c(=O)[nH]c3ccccc32)CC1. The van der Waals surface area contributed by atoms with Crippen molar-refractivity contribution < 1.29 is 14.3 Å². The summed E-state index contributed by atoms with van der Waals surface area (Å²) in [7, 11) is 0. The van der Waals surface area contributed by atoms with Crippen LogP contribution in [-0.2, 0) is 0 Å². The number of amides is 1. The van der Waals surface area contributed by atoms with E-state index in [2.05, 4.69) is 4.98 Å². The van der Waals surface area contributed by atoms with Gasteiger partial charge in [0.2, 0.25) is 6.79 Å². The quantitative estimate of drug-likeness (QED) is 0.757. The van der Waals surface area contributed by atoms with E-state index in [9.17, 15) is 9.59 Å². The van der Waals surface area contributed by atoms with Gasteiger partial charge in [0.1, 0.15) is 0 Å². The highest BCUT2D eigenvalue weighted by Gasteiger charge is 2.27. The van der Waals surface area contributed by atoms with Gasteiger partial charge in [0.15, 0.2) is 11.5 Å². The molecule has 3 aromatic rings. The topological polar surface area (TPSA) is 76.6 Å². The maximum atomic E-state index is 12.8. The molecule has 0 spiro atoms. The molecular formula is C20H19N3O4. The number of hydrogen-bond donors (Lipinski definition) is 1. The van der Waals surface area contributed by atoms with E-state index in [1.54, 1.807) is 18.2 Å². The average molecular weight is 365 g/mol. The number of aromatic amines is 1. The third-order valence-corrected chi connectivity index (χ3v) is 5.36. The van der Waals surface area contributed by atoms with Crippen LogP contribution >= 0.6 is 0 Å². The second-order valence-electron chi connectivity index (χ2n) is 6.91. The Bertz CT molecular complexity index is 1080. The molecule has 1 fully saturated rings. The number of likely N-dealkylation sites (tertiary alicyclic amines) is 1. The molecule has 0 bridgehead atoms. The van der Waals surface area contributed by atoms with Crippen molar-refractivity contribution in [3.63, 3.8) is 0 Å². The molecule has 27 heavy (non-hydrogen) atoms. The van der Waals surface area contributed by atoms with Crippen molar-refractivity contribution >= 4 is 16.9 Å². The van der Waals surface area contributed by atoms with E-state index >= 15 is 0 Å². The number of rotatable bonds is 2. The molecule has 1 N–H and O–H groups in total. The zero-order valence-corrected chi connectivity index (χ0v) is 14.7. The lowest BCUT2D eigenvalue weighted by atomic mass is 10.0. The summed E-state index contributed by atoms with van der Waals surface area (Å²) < 4.78 is 12.5. The Labute approximate surface area is 155 Å². The zero-order chi connectivity index (χ0) is 18.4. The minimum absolute atomic E-state index is 0.0157. The number of para-hydroxylation sites is 2. The number of benzene rings is 2. The number of piperidine rings is 1. The van der Waals surface area contributed by atoms with E-state index in [1.165, 1.54) is 0 Å². The van der Waals surface area contributed by atoms with Crippen LogP contribution in [0.3, 0.4) is 0 Å². The molecular weight excluding hydrogens is 346 g/mol. The van der Waals surface area contributed by atoms with E-state index in [-0.39, 0.29) is 24.4 Å². The summed E-state index contributed by atoms with van der Waals surface area (Å²) in [5, 5.41) is 0. The molecule has 138 valence electrons. The second kappa shape index (κ2) is 6.19. The Morgan fingerprint density at radius 1 is 1.04 bits per heavy atom. The first kappa shape index (κ1) is 16.0. The van der Waals surface area contributed by atoms with Crippen molar-refractivity contribution in [1.29, 1.82) is 0 Å². The lowest BCUT2D eigenvalue weighted by Crippen LogP contribution is -2.40. The molecule has 7 heteroatoms. The first-order valence-electron chi connectivity index (χ1n) is 9.09. The summed E-state index contributed by atoms with van der Waals surface area (Å²) in [6, 6.07) is 13.1. The lowest BCUT2D eigenvalue weighted by Gasteiger charge is -2.32. The van der Waals surface area contributed by atoms with E-state index < -0.39 is 0 Å². The number of carbonyl (C=O) groups is 1. The smallest absolute Gasteiger partial charge is 0.326 e. The van der Waals surface area contributed by atoms with Crippen molar-refractivity contribution in [2.45, 2.75) is 18.9 Å². The largest absolute Gasteiger partial charge is 0.454 e. The van der Waals surface area contributed by atoms with Gasteiger partial charge in [-0.05, 0) is 43.2 Å². The molecule has 0 unspecified atom stereocenters. The number of H-pyrrole nitrogens is 1. The van der Waals surface area contributed by atoms with Crippen LogP contribution in [0, 0.1) is 0 Å². The van der Waals surface area contributed by atoms with Gasteiger partial charge in [-0.2, -0.15) is 0 Å². The number of aromatic nitrogens is 2. The van der Waals surface area contributed by atoms with Crippen molar-refractivity contribution in [3.8, 4) is 11.5 Å². The van der Waals surface area contributed by atoms with Crippen molar-refractivity contribution in [3.05, 3.63) is 58.5 Å². The molecule has 2 aromatic carbocycles. The molecule has 1 aromatic heterocycles. The van der Waals surface area contributed by atoms with Crippen molar-refractivity contribution in [2.75, 3.05) is 19.9 Å². The van der Waals surface area contributed by atoms with Gasteiger partial charge in [-0.3, -0.25) is 9.36 Å². The molecule has 1 amide bonds. The summed E-state index contributed by atoms with van der Waals surface area (Å²) in [6.45, 7) is 1.42. The number of hydrogen-bond acceptors (Lipinski definition) is 4. The fraction of sp³-hybridized carbons (Fsp3) is 0.300. The summed E-state index contributed by atoms with van der Waals surface area (Å²) in [5.41, 5.74) is 2.28. The van der Waals surface area contributed by atoms with Crippen LogP contribution in [0.2, 0.25) is 0 Å². The average Bonchev–Trinajstić information content (AvgIpc) is 3.30. The first-order chi connectivity index (χ1) is 13.2. The van der Waals surface area contributed by atoms with E-state index in [1.807, 2.05) is 33.7 Å². The molecule has 0 atom stereocenters. The maximum absolute atomic E-state index is 12.8. The number of fused-ring (bicyclic) bond motifs is 2. The van der Waals surface area contributed by atoms with Crippen LogP contribution in [0.5, 0.6) is 11.5 Å². The highest BCUT2D eigenvalue weighted by molar-refractivity contribution is 5.95. The monoisotopic (exact) mass is 365 g/mol. The Morgan fingerprint density at radius 3 is 2.67 bits per heavy atom. The van der Waals surface area contributed by atoms with Gasteiger partial charge in [0.25, 0.3) is 5.91 Å². The third kappa shape index (κ3) is 2.66. The van der Waals surface area contributed by atoms with Gasteiger partial charge in [-0.25, -0.2) is 4.79 Å². The summed E-state index contributed by atoms with van der Waals surface area (Å²) >= 11 is 0. The standard InChI is InChI=1S/C20H19N3O4/c24-19(13-5-6-17-18(11-13)27-12-26-17)22-9-7-14(8-10-22)23-16-4-2-1-3-15(16)21-20(23)25/h1-6,11,14H,7-10,12H2,(H,21,25). The molecule has 7 nitrogen and oxygen atoms in total. The maximum Gasteiger partial charge on any atom is 0.326 e. The predicted octanol–water partition coefficient (Wildman–Crippen LogP) is 2.54. The molecule has 5 rings (SSSR count). The highest BCUT2D eigenvalue weighted by atomic mass is 16.7. The van der Waals surface area contributed by atoms with E-state index in [0.29, 0.717) is 30.2 Å². The molecule has 2 aliphatic heterocycles. The number of ether oxygens (including phenoxy) is 2. The summed E-state index contributed by atoms with van der Waals surface area (Å²) in [5.74, 6) is 1.27. The van der Waals surface area contributed by atoms with Gasteiger partial charge < -0.3 is 19.4 Å². The molecule has 0 saturated carbocycles. The minimum atomic E-state index is -0.0863. The van der Waals surface area contributed by atoms with Crippen LogP contribution in [0.15, 0.2) is 47.3 Å². The number of carbonyl (C=O) groups excluding carboxylic acids is 1. The fourth-order valence-electron chi connectivity index (χ4n) is 3.98. The van der Waals surface area contributed by atoms with Gasteiger partial charge in [0, 0.05) is 24.7 Å². The summed E-state index contributed by atoms with van der Waals surface area (Å²) in [4.78, 5) is 30.0. The predicted molar refractivity (Wildman–Crippen MR) is 99.3 cm³/mol. The van der Waals surface area contributed by atoms with Crippen LogP contribution in [0.25, 0.3) is 11.0 Å². The number of imidazole rings is 1. The molecule has 0 radical (unpaired) electrons. The van der Waals surface area contributed by atoms with E-state index in [0.717, 1.165) is 23.9 Å². The fourth-order valence-corrected chi connectivity index (χ4v) is 3.98.